The van der Waals surface area contributed by atoms with Gasteiger partial charge in [0.1, 0.15) is 0 Å². The van der Waals surface area contributed by atoms with Crippen LogP contribution in [0.1, 0.15) is 37.8 Å². The number of benzene rings is 2. The number of nitrogens with zero attached hydrogens (tertiary/aromatic N) is 2. The number of nitrogens with one attached hydrogen (secondary N) is 1. The highest BCUT2D eigenvalue weighted by atomic mass is 32.2. The molecule has 2 aromatic carbocycles. The summed E-state index contributed by atoms with van der Waals surface area (Å²) in [6, 6.07) is 15.1. The number of amides is 1. The van der Waals surface area contributed by atoms with Crippen LogP contribution in [0.15, 0.2) is 53.4 Å². The first-order valence-corrected chi connectivity index (χ1v) is 12.5. The molecular weight excluding hydrogens is 410 g/mol. The van der Waals surface area contributed by atoms with Gasteiger partial charge >= 0.3 is 0 Å². The van der Waals surface area contributed by atoms with Crippen LogP contribution < -0.4 is 10.2 Å². The second kappa shape index (κ2) is 10.3. The topological polar surface area (TPSA) is 69.7 Å². The Kier molecular flexibility index (Phi) is 7.73. The molecule has 1 saturated heterocycles. The third-order valence-corrected chi connectivity index (χ3v) is 7.82. The van der Waals surface area contributed by atoms with E-state index in [0.29, 0.717) is 25.9 Å². The van der Waals surface area contributed by atoms with Crippen molar-refractivity contribution >= 4 is 21.6 Å². The van der Waals surface area contributed by atoms with E-state index in [1.54, 1.807) is 24.3 Å². The Balaban J connectivity index is 1.59. The highest BCUT2D eigenvalue weighted by molar-refractivity contribution is 7.89. The summed E-state index contributed by atoms with van der Waals surface area (Å²) >= 11 is 0. The van der Waals surface area contributed by atoms with Gasteiger partial charge < -0.3 is 10.2 Å². The first-order chi connectivity index (χ1) is 14.8. The van der Waals surface area contributed by atoms with E-state index in [0.717, 1.165) is 24.2 Å². The van der Waals surface area contributed by atoms with Crippen LogP contribution in [0.2, 0.25) is 0 Å². The number of rotatable bonds is 8. The van der Waals surface area contributed by atoms with Crippen LogP contribution in [0.5, 0.6) is 0 Å². The van der Waals surface area contributed by atoms with E-state index in [1.165, 1.54) is 9.99 Å². The van der Waals surface area contributed by atoms with Crippen LogP contribution in [0.4, 0.5) is 5.69 Å². The Bertz CT molecular complexity index is 968. The number of carbonyl (C=O) groups is 1. The molecule has 0 aromatic heterocycles. The fourth-order valence-corrected chi connectivity index (χ4v) is 5.50. The summed E-state index contributed by atoms with van der Waals surface area (Å²) in [6.45, 7) is 9.21. The second-order valence-electron chi connectivity index (χ2n) is 8.07. The monoisotopic (exact) mass is 443 g/mol. The lowest BCUT2D eigenvalue weighted by Crippen LogP contribution is -2.45. The molecule has 1 aliphatic rings. The zero-order chi connectivity index (χ0) is 22.4. The molecule has 1 N–H and O–H groups in total. The molecular formula is C24H33N3O3S. The molecule has 1 atom stereocenters. The quantitative estimate of drug-likeness (QED) is 0.677. The van der Waals surface area contributed by atoms with E-state index < -0.39 is 10.0 Å². The molecule has 1 aliphatic heterocycles. The first kappa shape index (κ1) is 23.3. The van der Waals surface area contributed by atoms with E-state index in [-0.39, 0.29) is 23.3 Å². The first-order valence-electron chi connectivity index (χ1n) is 11.0. The lowest BCUT2D eigenvalue weighted by atomic mass is 9.98. The molecule has 0 spiro atoms. The molecule has 0 aliphatic carbocycles. The Hall–Kier alpha value is -2.38. The van der Waals surface area contributed by atoms with E-state index in [9.17, 15) is 13.2 Å². The largest absolute Gasteiger partial charge is 0.372 e. The highest BCUT2D eigenvalue weighted by Gasteiger charge is 2.33. The zero-order valence-electron chi connectivity index (χ0n) is 18.7. The molecule has 3 rings (SSSR count). The number of piperidine rings is 1. The summed E-state index contributed by atoms with van der Waals surface area (Å²) in [4.78, 5) is 15.3. The molecule has 1 amide bonds. The Morgan fingerprint density at radius 1 is 1.06 bits per heavy atom. The van der Waals surface area contributed by atoms with Crippen LogP contribution in [-0.2, 0) is 21.4 Å². The minimum absolute atomic E-state index is 0.0865. The lowest BCUT2D eigenvalue weighted by Gasteiger charge is -2.31. The second-order valence-corrected chi connectivity index (χ2v) is 10.0. The van der Waals surface area contributed by atoms with Crippen molar-refractivity contribution in [1.29, 1.82) is 0 Å². The predicted molar refractivity (Wildman–Crippen MR) is 125 cm³/mol. The van der Waals surface area contributed by atoms with Gasteiger partial charge in [0.05, 0.1) is 10.8 Å². The summed E-state index contributed by atoms with van der Waals surface area (Å²) in [5.74, 6) is -0.416. The summed E-state index contributed by atoms with van der Waals surface area (Å²) in [5.41, 5.74) is 3.22. The van der Waals surface area contributed by atoms with E-state index in [1.807, 2.05) is 19.1 Å². The van der Waals surface area contributed by atoms with E-state index >= 15 is 0 Å². The lowest BCUT2D eigenvalue weighted by molar-refractivity contribution is -0.126. The van der Waals surface area contributed by atoms with Crippen molar-refractivity contribution in [3.05, 3.63) is 59.7 Å². The molecule has 1 fully saturated rings. The van der Waals surface area contributed by atoms with Crippen LogP contribution in [0, 0.1) is 12.8 Å². The van der Waals surface area contributed by atoms with Crippen molar-refractivity contribution in [2.45, 2.75) is 45.1 Å². The standard InChI is InChI=1S/C24H33N3O3S/c1-4-26(5-2)22-12-10-20(11-13-22)17-25-24(28)21-7-6-16-27(18-21)31(29,30)23-14-8-19(3)9-15-23/h8-15,21H,4-7,16-18H2,1-3H3,(H,25,28)/t21-/m0/s1. The van der Waals surface area contributed by atoms with Crippen LogP contribution in [0.25, 0.3) is 0 Å². The molecule has 0 saturated carbocycles. The Labute approximate surface area is 186 Å². The number of aryl methyl sites for hydroxylation is 1. The Morgan fingerprint density at radius 2 is 1.71 bits per heavy atom. The SMILES string of the molecule is CCN(CC)c1ccc(CNC(=O)[C@H]2CCCN(S(=O)(=O)c3ccc(C)cc3)C2)cc1. The Morgan fingerprint density at radius 3 is 2.32 bits per heavy atom. The van der Waals surface area contributed by atoms with E-state index in [4.69, 9.17) is 0 Å². The van der Waals surface area contributed by atoms with Crippen LogP contribution in [0.3, 0.4) is 0 Å². The molecule has 31 heavy (non-hydrogen) atoms. The molecule has 0 bridgehead atoms. The summed E-state index contributed by atoms with van der Waals surface area (Å²) < 4.78 is 27.4. The van der Waals surface area contributed by atoms with Gasteiger partial charge in [-0.25, -0.2) is 8.42 Å². The third-order valence-electron chi connectivity index (χ3n) is 5.95. The minimum Gasteiger partial charge on any atom is -0.372 e. The molecule has 0 radical (unpaired) electrons. The van der Waals surface area contributed by atoms with Gasteiger partial charge in [0.15, 0.2) is 0 Å². The molecule has 7 heteroatoms. The highest BCUT2D eigenvalue weighted by Crippen LogP contribution is 2.24. The molecule has 168 valence electrons. The van der Waals surface area contributed by atoms with Gasteiger partial charge in [0, 0.05) is 38.4 Å². The summed E-state index contributed by atoms with van der Waals surface area (Å²) in [5, 5.41) is 2.99. The zero-order valence-corrected chi connectivity index (χ0v) is 19.5. The van der Waals surface area contributed by atoms with Crippen molar-refractivity contribution < 1.29 is 13.2 Å². The number of sulfonamides is 1. The van der Waals surface area contributed by atoms with Gasteiger partial charge in [-0.3, -0.25) is 4.79 Å². The smallest absolute Gasteiger partial charge is 0.243 e. The molecule has 6 nitrogen and oxygen atoms in total. The number of hydrogen-bond acceptors (Lipinski definition) is 4. The van der Waals surface area contributed by atoms with Crippen molar-refractivity contribution in [2.24, 2.45) is 5.92 Å². The van der Waals surface area contributed by atoms with Crippen LogP contribution in [-0.4, -0.2) is 44.8 Å². The normalized spacial score (nSPS) is 17.3. The minimum atomic E-state index is -3.58. The van der Waals surface area contributed by atoms with Gasteiger partial charge in [0.25, 0.3) is 0 Å². The number of carbonyl (C=O) groups excluding carboxylic acids is 1. The maximum Gasteiger partial charge on any atom is 0.243 e. The van der Waals surface area contributed by atoms with Crippen molar-refractivity contribution in [3.63, 3.8) is 0 Å². The van der Waals surface area contributed by atoms with Crippen LogP contribution >= 0.6 is 0 Å². The summed E-state index contributed by atoms with van der Waals surface area (Å²) in [7, 11) is -3.58. The third kappa shape index (κ3) is 5.66. The van der Waals surface area contributed by atoms with Gasteiger partial charge in [0.2, 0.25) is 15.9 Å². The maximum absolute atomic E-state index is 13.0. The van der Waals surface area contributed by atoms with Crippen molar-refractivity contribution in [1.82, 2.24) is 9.62 Å². The average molecular weight is 444 g/mol. The molecule has 2 aromatic rings. The average Bonchev–Trinajstić information content (AvgIpc) is 2.79. The van der Waals surface area contributed by atoms with Crippen molar-refractivity contribution in [2.75, 3.05) is 31.1 Å². The fraction of sp³-hybridized carbons (Fsp3) is 0.458. The number of anilines is 1. The summed E-state index contributed by atoms with van der Waals surface area (Å²) in [6.07, 6.45) is 1.38. The van der Waals surface area contributed by atoms with Gasteiger partial charge in [-0.15, -0.1) is 0 Å². The molecule has 0 unspecified atom stereocenters. The predicted octanol–water partition coefficient (Wildman–Crippen LogP) is 3.56. The van der Waals surface area contributed by atoms with Gasteiger partial charge in [-0.05, 0) is 63.4 Å². The van der Waals surface area contributed by atoms with Crippen molar-refractivity contribution in [3.8, 4) is 0 Å². The van der Waals surface area contributed by atoms with Gasteiger partial charge in [-0.2, -0.15) is 4.31 Å². The number of hydrogen-bond donors (Lipinski definition) is 1. The van der Waals surface area contributed by atoms with Gasteiger partial charge in [-0.1, -0.05) is 29.8 Å². The maximum atomic E-state index is 13.0. The fourth-order valence-electron chi connectivity index (χ4n) is 3.98. The molecule has 1 heterocycles. The van der Waals surface area contributed by atoms with E-state index in [2.05, 4.69) is 36.2 Å².